The maximum atomic E-state index is 12.7. The van der Waals surface area contributed by atoms with Crippen molar-refractivity contribution in [2.75, 3.05) is 19.7 Å². The minimum atomic E-state index is -0.0327. The highest BCUT2D eigenvalue weighted by molar-refractivity contribution is 7.09. The Hall–Kier alpha value is -0.940. The van der Waals surface area contributed by atoms with Gasteiger partial charge in [-0.1, -0.05) is 13.3 Å². The number of carbonyl (C=O) groups is 1. The van der Waals surface area contributed by atoms with Gasteiger partial charge in [0.2, 0.25) is 5.91 Å². The van der Waals surface area contributed by atoms with Crippen LogP contribution in [0.1, 0.15) is 50.1 Å². The Morgan fingerprint density at radius 3 is 2.90 bits per heavy atom. The molecule has 0 N–H and O–H groups in total. The summed E-state index contributed by atoms with van der Waals surface area (Å²) in [6, 6.07) is 0. The first kappa shape index (κ1) is 15.0. The molecule has 21 heavy (non-hydrogen) atoms. The van der Waals surface area contributed by atoms with Crippen molar-refractivity contribution in [3.8, 4) is 0 Å². The monoisotopic (exact) mass is 308 g/mol. The summed E-state index contributed by atoms with van der Waals surface area (Å²) in [5.74, 6) is 1.42. The Balaban J connectivity index is 1.57. The third-order valence-corrected chi connectivity index (χ3v) is 5.75. The zero-order valence-corrected chi connectivity index (χ0v) is 13.5. The third kappa shape index (κ3) is 3.46. The van der Waals surface area contributed by atoms with E-state index >= 15 is 0 Å². The fourth-order valence-corrected chi connectivity index (χ4v) is 4.15. The van der Waals surface area contributed by atoms with Crippen LogP contribution in [-0.2, 0) is 9.53 Å². The molecule has 5 heteroatoms. The highest BCUT2D eigenvalue weighted by Crippen LogP contribution is 2.33. The fraction of sp³-hybridized carbons (Fsp3) is 0.750. The minimum Gasteiger partial charge on any atom is -0.367 e. The molecule has 1 saturated heterocycles. The van der Waals surface area contributed by atoms with Crippen molar-refractivity contribution in [3.05, 3.63) is 16.6 Å². The van der Waals surface area contributed by atoms with Gasteiger partial charge in [0.05, 0.1) is 13.2 Å². The molecule has 1 aromatic rings. The van der Waals surface area contributed by atoms with Crippen LogP contribution in [0.2, 0.25) is 0 Å². The third-order valence-electron chi connectivity index (χ3n) is 4.88. The van der Waals surface area contributed by atoms with Crippen molar-refractivity contribution in [3.63, 3.8) is 0 Å². The summed E-state index contributed by atoms with van der Waals surface area (Å²) in [4.78, 5) is 19.0. The number of rotatable bonds is 3. The average Bonchev–Trinajstić information content (AvgIpc) is 3.09. The van der Waals surface area contributed by atoms with E-state index in [0.29, 0.717) is 19.1 Å². The Bertz CT molecular complexity index is 455. The summed E-state index contributed by atoms with van der Waals surface area (Å²) in [5.41, 5.74) is 0. The highest BCUT2D eigenvalue weighted by Gasteiger charge is 2.32. The molecule has 1 aliphatic heterocycles. The van der Waals surface area contributed by atoms with Crippen molar-refractivity contribution in [2.24, 2.45) is 11.8 Å². The second-order valence-corrected chi connectivity index (χ2v) is 7.07. The average molecular weight is 308 g/mol. The van der Waals surface area contributed by atoms with Gasteiger partial charge in [-0.2, -0.15) is 0 Å². The Morgan fingerprint density at radius 2 is 2.24 bits per heavy atom. The lowest BCUT2D eigenvalue weighted by Crippen LogP contribution is -2.45. The highest BCUT2D eigenvalue weighted by atomic mass is 32.1. The Kier molecular flexibility index (Phi) is 4.91. The number of aromatic nitrogens is 1. The van der Waals surface area contributed by atoms with E-state index in [-0.39, 0.29) is 12.0 Å². The topological polar surface area (TPSA) is 42.4 Å². The molecule has 1 aromatic heterocycles. The summed E-state index contributed by atoms with van der Waals surface area (Å²) in [5, 5.41) is 2.95. The predicted molar refractivity (Wildman–Crippen MR) is 83.1 cm³/mol. The van der Waals surface area contributed by atoms with Gasteiger partial charge in [0.25, 0.3) is 0 Å². The lowest BCUT2D eigenvalue weighted by Gasteiger charge is -2.36. The second-order valence-electron chi connectivity index (χ2n) is 6.14. The maximum Gasteiger partial charge on any atom is 0.225 e. The molecule has 2 fully saturated rings. The smallest absolute Gasteiger partial charge is 0.225 e. The lowest BCUT2D eigenvalue weighted by atomic mass is 9.80. The Labute approximate surface area is 130 Å². The largest absolute Gasteiger partial charge is 0.367 e. The van der Waals surface area contributed by atoms with E-state index in [0.717, 1.165) is 30.3 Å². The molecular formula is C16H24N2O2S. The molecule has 1 amide bonds. The van der Waals surface area contributed by atoms with Gasteiger partial charge >= 0.3 is 0 Å². The first-order valence-electron chi connectivity index (χ1n) is 8.07. The van der Waals surface area contributed by atoms with Crippen LogP contribution in [0, 0.1) is 11.8 Å². The van der Waals surface area contributed by atoms with E-state index in [9.17, 15) is 4.79 Å². The van der Waals surface area contributed by atoms with Crippen molar-refractivity contribution >= 4 is 17.2 Å². The summed E-state index contributed by atoms with van der Waals surface area (Å²) in [6.07, 6.45) is 7.59. The van der Waals surface area contributed by atoms with Gasteiger partial charge in [0.15, 0.2) is 0 Å². The lowest BCUT2D eigenvalue weighted by molar-refractivity contribution is -0.144. The van der Waals surface area contributed by atoms with Crippen LogP contribution in [-0.4, -0.2) is 35.5 Å². The van der Waals surface area contributed by atoms with Gasteiger partial charge in [0, 0.05) is 24.0 Å². The maximum absolute atomic E-state index is 12.7. The second kappa shape index (κ2) is 6.88. The molecule has 1 atom stereocenters. The van der Waals surface area contributed by atoms with Crippen molar-refractivity contribution < 1.29 is 9.53 Å². The first-order valence-corrected chi connectivity index (χ1v) is 8.95. The van der Waals surface area contributed by atoms with Crippen LogP contribution in [0.5, 0.6) is 0 Å². The number of amides is 1. The molecule has 3 rings (SSSR count). The fourth-order valence-electron chi connectivity index (χ4n) is 3.47. The van der Waals surface area contributed by atoms with Crippen LogP contribution < -0.4 is 0 Å². The molecule has 2 heterocycles. The number of nitrogens with zero attached hydrogens (tertiary/aromatic N) is 2. The van der Waals surface area contributed by atoms with E-state index in [2.05, 4.69) is 11.9 Å². The summed E-state index contributed by atoms with van der Waals surface area (Å²) < 4.78 is 5.78. The molecule has 2 aliphatic rings. The van der Waals surface area contributed by atoms with Gasteiger partial charge in [0.1, 0.15) is 11.1 Å². The van der Waals surface area contributed by atoms with E-state index in [4.69, 9.17) is 4.74 Å². The quantitative estimate of drug-likeness (QED) is 0.861. The summed E-state index contributed by atoms with van der Waals surface area (Å²) in [7, 11) is 0. The molecular weight excluding hydrogens is 284 g/mol. The predicted octanol–water partition coefficient (Wildman–Crippen LogP) is 3.26. The molecule has 116 valence electrons. The normalized spacial score (nSPS) is 30.3. The van der Waals surface area contributed by atoms with Crippen molar-refractivity contribution in [2.45, 2.75) is 45.1 Å². The number of morpholine rings is 1. The molecule has 0 aromatic carbocycles. The minimum absolute atomic E-state index is 0.0327. The number of hydrogen-bond acceptors (Lipinski definition) is 4. The van der Waals surface area contributed by atoms with Crippen LogP contribution in [0.3, 0.4) is 0 Å². The molecule has 0 spiro atoms. The van der Waals surface area contributed by atoms with Gasteiger partial charge in [-0.25, -0.2) is 4.98 Å². The van der Waals surface area contributed by atoms with Crippen LogP contribution in [0.15, 0.2) is 11.6 Å². The van der Waals surface area contributed by atoms with Crippen molar-refractivity contribution in [1.82, 2.24) is 9.88 Å². The van der Waals surface area contributed by atoms with E-state index in [1.165, 1.54) is 19.3 Å². The van der Waals surface area contributed by atoms with Crippen LogP contribution in [0.4, 0.5) is 0 Å². The van der Waals surface area contributed by atoms with Gasteiger partial charge in [-0.3, -0.25) is 4.79 Å². The number of hydrogen-bond donors (Lipinski definition) is 0. The Morgan fingerprint density at radius 1 is 1.43 bits per heavy atom. The first-order chi connectivity index (χ1) is 10.3. The standard InChI is InChI=1S/C16H24N2O2S/c1-2-12-3-5-13(6-4-12)16(19)18-8-9-20-14(11-18)15-17-7-10-21-15/h7,10,12-14H,2-6,8-9,11H2,1H3/t12?,13?,14-/m1/s1. The van der Waals surface area contributed by atoms with E-state index in [1.807, 2.05) is 10.3 Å². The molecule has 1 saturated carbocycles. The zero-order valence-electron chi connectivity index (χ0n) is 12.7. The molecule has 1 aliphatic carbocycles. The van der Waals surface area contributed by atoms with Gasteiger partial charge in [-0.15, -0.1) is 11.3 Å². The molecule has 0 bridgehead atoms. The van der Waals surface area contributed by atoms with Crippen molar-refractivity contribution in [1.29, 1.82) is 0 Å². The van der Waals surface area contributed by atoms with E-state index in [1.54, 1.807) is 17.5 Å². The van der Waals surface area contributed by atoms with Crippen LogP contribution in [0.25, 0.3) is 0 Å². The molecule has 4 nitrogen and oxygen atoms in total. The SMILES string of the molecule is CCC1CCC(C(=O)N2CCO[C@@H](c3nccs3)C2)CC1. The number of carbonyl (C=O) groups excluding carboxylic acids is 1. The summed E-state index contributed by atoms with van der Waals surface area (Å²) in [6.45, 7) is 4.28. The van der Waals surface area contributed by atoms with E-state index < -0.39 is 0 Å². The molecule has 0 unspecified atom stereocenters. The van der Waals surface area contributed by atoms with Gasteiger partial charge < -0.3 is 9.64 Å². The van der Waals surface area contributed by atoms with Crippen LogP contribution >= 0.6 is 11.3 Å². The zero-order chi connectivity index (χ0) is 14.7. The van der Waals surface area contributed by atoms with Gasteiger partial charge in [-0.05, 0) is 31.6 Å². The molecule has 0 radical (unpaired) electrons. The summed E-state index contributed by atoms with van der Waals surface area (Å²) >= 11 is 1.61. The number of ether oxygens (including phenoxy) is 1. The number of thiazole rings is 1.